The normalized spacial score (nSPS) is 13.4. The Balaban J connectivity index is 2.30. The molecule has 3 rings (SSSR count). The first kappa shape index (κ1) is 21.2. The second-order valence-electron chi connectivity index (χ2n) is 8.12. The van der Waals surface area contributed by atoms with Gasteiger partial charge in [0.1, 0.15) is 6.04 Å². The number of H-pyrrole nitrogens is 1. The minimum atomic E-state index is -4.22. The van der Waals surface area contributed by atoms with E-state index < -0.39 is 27.4 Å². The number of rotatable bonds is 5. The Morgan fingerprint density at radius 1 is 1.14 bits per heavy atom. The molecule has 3 aromatic rings. The zero-order valence-electron chi connectivity index (χ0n) is 16.6. The van der Waals surface area contributed by atoms with E-state index in [2.05, 4.69) is 4.98 Å². The van der Waals surface area contributed by atoms with Gasteiger partial charge in [0.25, 0.3) is 10.0 Å². The van der Waals surface area contributed by atoms with Crippen LogP contribution in [0.25, 0.3) is 10.9 Å². The van der Waals surface area contributed by atoms with E-state index in [4.69, 9.17) is 11.6 Å². The summed E-state index contributed by atoms with van der Waals surface area (Å²) in [5, 5.41) is 11.0. The lowest BCUT2D eigenvalue weighted by Gasteiger charge is -2.37. The van der Waals surface area contributed by atoms with Crippen molar-refractivity contribution in [2.45, 2.75) is 38.6 Å². The van der Waals surface area contributed by atoms with Crippen LogP contribution in [0.3, 0.4) is 0 Å². The number of hydrogen-bond acceptors (Lipinski definition) is 3. The number of nitrogens with one attached hydrogen (secondary N) is 1. The summed E-state index contributed by atoms with van der Waals surface area (Å²) < 4.78 is 28.4. The molecule has 0 aliphatic rings. The quantitative estimate of drug-likeness (QED) is 0.602. The monoisotopic (exact) mass is 434 g/mol. The van der Waals surface area contributed by atoms with Crippen LogP contribution in [-0.4, -0.2) is 30.5 Å². The fourth-order valence-electron chi connectivity index (χ4n) is 3.39. The Kier molecular flexibility index (Phi) is 5.40. The second kappa shape index (κ2) is 7.39. The van der Waals surface area contributed by atoms with Gasteiger partial charge in [-0.15, -0.1) is 0 Å². The number of aromatic amines is 1. The molecule has 0 aliphatic carbocycles. The fraction of sp³-hybridized carbons (Fsp3) is 0.286. The van der Waals surface area contributed by atoms with E-state index in [1.807, 2.05) is 0 Å². The number of aryl methyl sites for hydroxylation is 1. The molecule has 0 saturated heterocycles. The van der Waals surface area contributed by atoms with Crippen LogP contribution in [0, 0.1) is 12.3 Å². The van der Waals surface area contributed by atoms with Crippen LogP contribution in [0.1, 0.15) is 26.3 Å². The van der Waals surface area contributed by atoms with Crippen molar-refractivity contribution >= 4 is 44.2 Å². The Hall–Kier alpha value is -2.51. The van der Waals surface area contributed by atoms with E-state index in [0.29, 0.717) is 5.56 Å². The average molecular weight is 435 g/mol. The third kappa shape index (κ3) is 4.11. The van der Waals surface area contributed by atoms with E-state index in [1.54, 1.807) is 64.2 Å². The van der Waals surface area contributed by atoms with Gasteiger partial charge in [0, 0.05) is 22.1 Å². The highest BCUT2D eigenvalue weighted by atomic mass is 35.5. The minimum absolute atomic E-state index is 0.0489. The molecule has 0 amide bonds. The topological polar surface area (TPSA) is 90.5 Å². The van der Waals surface area contributed by atoms with Gasteiger partial charge in [-0.05, 0) is 60.4 Å². The number of anilines is 1. The molecule has 2 N–H and O–H groups in total. The highest BCUT2D eigenvalue weighted by molar-refractivity contribution is 7.93. The van der Waals surface area contributed by atoms with Gasteiger partial charge in [0.05, 0.1) is 10.6 Å². The predicted molar refractivity (Wildman–Crippen MR) is 115 cm³/mol. The van der Waals surface area contributed by atoms with Crippen LogP contribution in [0.4, 0.5) is 5.69 Å². The molecule has 1 aromatic heterocycles. The molecule has 1 unspecified atom stereocenters. The fourth-order valence-corrected chi connectivity index (χ4v) is 5.66. The standard InChI is InChI=1S/C21H23ClN2O4S/c1-13-9-15(22)12-17(10-13)29(27,28)24(19(20(25)26)21(2,3)4)16-5-6-18-14(11-16)7-8-23-18/h5-12,19,23H,1-4H3,(H,25,26). The Morgan fingerprint density at radius 2 is 1.83 bits per heavy atom. The molecular formula is C21H23ClN2O4S. The molecule has 0 aliphatic heterocycles. The molecule has 1 heterocycles. The van der Waals surface area contributed by atoms with Crippen molar-refractivity contribution in [2.75, 3.05) is 4.31 Å². The number of aromatic nitrogens is 1. The highest BCUT2D eigenvalue weighted by Gasteiger charge is 2.43. The van der Waals surface area contributed by atoms with Gasteiger partial charge in [0.2, 0.25) is 0 Å². The molecule has 0 saturated carbocycles. The summed E-state index contributed by atoms with van der Waals surface area (Å²) >= 11 is 6.10. The summed E-state index contributed by atoms with van der Waals surface area (Å²) in [7, 11) is -4.22. The van der Waals surface area contributed by atoms with Crippen LogP contribution >= 0.6 is 11.6 Å². The molecule has 154 valence electrons. The van der Waals surface area contributed by atoms with Gasteiger partial charge in [-0.25, -0.2) is 13.2 Å². The van der Waals surface area contributed by atoms with Gasteiger partial charge >= 0.3 is 5.97 Å². The lowest BCUT2D eigenvalue weighted by Crippen LogP contribution is -2.52. The van der Waals surface area contributed by atoms with Crippen molar-refractivity contribution < 1.29 is 18.3 Å². The molecule has 8 heteroatoms. The maximum Gasteiger partial charge on any atom is 0.328 e. The van der Waals surface area contributed by atoms with Crippen LogP contribution in [0.5, 0.6) is 0 Å². The third-order valence-electron chi connectivity index (χ3n) is 4.65. The summed E-state index contributed by atoms with van der Waals surface area (Å²) in [6.07, 6.45) is 1.74. The summed E-state index contributed by atoms with van der Waals surface area (Å²) in [6.45, 7) is 6.84. The van der Waals surface area contributed by atoms with Crippen molar-refractivity contribution in [2.24, 2.45) is 5.41 Å². The van der Waals surface area contributed by atoms with Crippen molar-refractivity contribution in [3.63, 3.8) is 0 Å². The lowest BCUT2D eigenvalue weighted by atomic mass is 9.86. The van der Waals surface area contributed by atoms with E-state index in [-0.39, 0.29) is 15.6 Å². The van der Waals surface area contributed by atoms with Crippen molar-refractivity contribution in [1.29, 1.82) is 0 Å². The number of carbonyl (C=O) groups is 1. The lowest BCUT2D eigenvalue weighted by molar-refractivity contribution is -0.140. The van der Waals surface area contributed by atoms with Crippen LogP contribution in [0.15, 0.2) is 53.6 Å². The minimum Gasteiger partial charge on any atom is -0.480 e. The molecule has 0 spiro atoms. The van der Waals surface area contributed by atoms with E-state index in [9.17, 15) is 18.3 Å². The van der Waals surface area contributed by atoms with Crippen LogP contribution < -0.4 is 4.31 Å². The first-order valence-electron chi connectivity index (χ1n) is 9.03. The number of fused-ring (bicyclic) bond motifs is 1. The molecule has 1 atom stereocenters. The zero-order valence-corrected chi connectivity index (χ0v) is 18.2. The van der Waals surface area contributed by atoms with Gasteiger partial charge in [-0.1, -0.05) is 32.4 Å². The van der Waals surface area contributed by atoms with Gasteiger partial charge in [-0.3, -0.25) is 4.31 Å². The predicted octanol–water partition coefficient (Wildman–Crippen LogP) is 4.82. The number of carboxylic acids is 1. The van der Waals surface area contributed by atoms with Crippen molar-refractivity contribution in [3.8, 4) is 0 Å². The number of sulfonamides is 1. The van der Waals surface area contributed by atoms with Gasteiger partial charge in [0.15, 0.2) is 0 Å². The summed E-state index contributed by atoms with van der Waals surface area (Å²) in [6, 6.07) is 9.96. The van der Waals surface area contributed by atoms with Crippen LogP contribution in [-0.2, 0) is 14.8 Å². The second-order valence-corrected chi connectivity index (χ2v) is 10.4. The third-order valence-corrected chi connectivity index (χ3v) is 6.64. The number of hydrogen-bond donors (Lipinski definition) is 2. The number of carboxylic acid groups (broad SMARTS) is 1. The van der Waals surface area contributed by atoms with Crippen LogP contribution in [0.2, 0.25) is 5.02 Å². The van der Waals surface area contributed by atoms with Crippen molar-refractivity contribution in [1.82, 2.24) is 4.98 Å². The van der Waals surface area contributed by atoms with Gasteiger partial charge < -0.3 is 10.1 Å². The average Bonchev–Trinajstić information content (AvgIpc) is 3.04. The van der Waals surface area contributed by atoms with E-state index in [0.717, 1.165) is 15.2 Å². The smallest absolute Gasteiger partial charge is 0.328 e. The number of aliphatic carboxylic acids is 1. The number of nitrogens with zero attached hydrogens (tertiary/aromatic N) is 1. The van der Waals surface area contributed by atoms with E-state index >= 15 is 0 Å². The molecule has 29 heavy (non-hydrogen) atoms. The number of benzene rings is 2. The summed E-state index contributed by atoms with van der Waals surface area (Å²) in [4.78, 5) is 15.3. The maximum atomic E-state index is 13.7. The highest BCUT2D eigenvalue weighted by Crippen LogP contribution is 2.36. The molecule has 0 fully saturated rings. The molecular weight excluding hydrogens is 412 g/mol. The Morgan fingerprint density at radius 3 is 2.41 bits per heavy atom. The molecule has 6 nitrogen and oxygen atoms in total. The zero-order chi connectivity index (χ0) is 21.6. The maximum absolute atomic E-state index is 13.7. The van der Waals surface area contributed by atoms with Gasteiger partial charge in [-0.2, -0.15) is 0 Å². The number of halogens is 1. The van der Waals surface area contributed by atoms with Crippen molar-refractivity contribution in [3.05, 3.63) is 59.2 Å². The molecule has 2 aromatic carbocycles. The molecule has 0 bridgehead atoms. The summed E-state index contributed by atoms with van der Waals surface area (Å²) in [5.41, 5.74) is 0.892. The Labute approximate surface area is 175 Å². The Bertz CT molecular complexity index is 1160. The largest absolute Gasteiger partial charge is 0.480 e. The molecule has 0 radical (unpaired) electrons. The summed E-state index contributed by atoms with van der Waals surface area (Å²) in [5.74, 6) is -1.23. The SMILES string of the molecule is Cc1cc(Cl)cc(S(=O)(=O)N(c2ccc3[nH]ccc3c2)C(C(=O)O)C(C)(C)C)c1. The first-order chi connectivity index (χ1) is 13.4. The van der Waals surface area contributed by atoms with E-state index in [1.165, 1.54) is 12.1 Å². The first-order valence-corrected chi connectivity index (χ1v) is 10.8.